The van der Waals surface area contributed by atoms with Gasteiger partial charge in [0.1, 0.15) is 18.1 Å². The van der Waals surface area contributed by atoms with Gasteiger partial charge in [-0.1, -0.05) is 78.9 Å². The quantitative estimate of drug-likeness (QED) is 0.159. The SMILES string of the molecule is Cn1cc(C[C@@H](NC(=O)C[C@@H]2NC(=O)[C@@H]3C4CCC(CC4)N3C2=O)C(=O)N[C@@H](Cc2ccccc2)C(=O)CNCc2ccccc2)c2ccccc21. The third-order valence-corrected chi connectivity index (χ3v) is 10.9. The Labute approximate surface area is 303 Å². The summed E-state index contributed by atoms with van der Waals surface area (Å²) in [5, 5.41) is 12.8. The number of piperidine rings is 2. The van der Waals surface area contributed by atoms with Crippen LogP contribution in [-0.4, -0.2) is 75.6 Å². The highest BCUT2D eigenvalue weighted by Crippen LogP contribution is 2.41. The molecule has 1 saturated carbocycles. The number of hydrogen-bond donors (Lipinski definition) is 4. The van der Waals surface area contributed by atoms with Crippen molar-refractivity contribution in [1.82, 2.24) is 30.7 Å². The number of fused-ring (bicyclic) bond motifs is 3. The highest BCUT2D eigenvalue weighted by molar-refractivity contribution is 6.00. The molecule has 0 unspecified atom stereocenters. The van der Waals surface area contributed by atoms with Gasteiger partial charge in [0.05, 0.1) is 19.0 Å². The second-order valence-electron chi connectivity index (χ2n) is 14.4. The number of para-hydroxylation sites is 1. The lowest BCUT2D eigenvalue weighted by molar-refractivity contribution is -0.163. The summed E-state index contributed by atoms with van der Waals surface area (Å²) in [6.07, 6.45) is 5.68. The Morgan fingerprint density at radius 1 is 0.808 bits per heavy atom. The number of aromatic nitrogens is 1. The Bertz CT molecular complexity index is 1940. The van der Waals surface area contributed by atoms with Crippen molar-refractivity contribution in [1.29, 1.82) is 0 Å². The van der Waals surface area contributed by atoms with Crippen molar-refractivity contribution in [2.24, 2.45) is 13.0 Å². The first-order chi connectivity index (χ1) is 25.2. The van der Waals surface area contributed by atoms with Gasteiger partial charge in [-0.15, -0.1) is 0 Å². The second kappa shape index (κ2) is 15.5. The summed E-state index contributed by atoms with van der Waals surface area (Å²) in [5.74, 6) is -1.52. The van der Waals surface area contributed by atoms with Gasteiger partial charge >= 0.3 is 0 Å². The van der Waals surface area contributed by atoms with Crippen LogP contribution in [0.1, 0.15) is 48.8 Å². The van der Waals surface area contributed by atoms with E-state index in [2.05, 4.69) is 21.3 Å². The van der Waals surface area contributed by atoms with Gasteiger partial charge in [-0.25, -0.2) is 0 Å². The van der Waals surface area contributed by atoms with Crippen molar-refractivity contribution in [2.75, 3.05) is 6.54 Å². The highest BCUT2D eigenvalue weighted by atomic mass is 16.2. The molecule has 4 amide bonds. The molecular formula is C41H46N6O5. The summed E-state index contributed by atoms with van der Waals surface area (Å²) in [5.41, 5.74) is 3.75. The fraction of sp³-hybridized carbons (Fsp3) is 0.390. The van der Waals surface area contributed by atoms with Gasteiger partial charge in [0.2, 0.25) is 23.6 Å². The zero-order valence-electron chi connectivity index (χ0n) is 29.4. The number of benzene rings is 3. The van der Waals surface area contributed by atoms with E-state index in [1.165, 1.54) is 0 Å². The number of Topliss-reactive ketones (excluding diaryl/α,β-unsaturated/α-hetero) is 1. The first-order valence-electron chi connectivity index (χ1n) is 18.3. The summed E-state index contributed by atoms with van der Waals surface area (Å²) in [6.45, 7) is 0.532. The maximum absolute atomic E-state index is 14.3. The molecule has 3 aromatic carbocycles. The van der Waals surface area contributed by atoms with Gasteiger partial charge in [-0.3, -0.25) is 24.0 Å². The van der Waals surface area contributed by atoms with E-state index in [0.717, 1.165) is 53.3 Å². The number of ketones is 1. The van der Waals surface area contributed by atoms with Gasteiger partial charge in [0, 0.05) is 43.2 Å². The molecule has 4 heterocycles. The molecule has 4 aliphatic rings. The zero-order valence-corrected chi connectivity index (χ0v) is 29.4. The van der Waals surface area contributed by atoms with Crippen LogP contribution in [0.4, 0.5) is 0 Å². The molecule has 0 spiro atoms. The monoisotopic (exact) mass is 702 g/mol. The minimum atomic E-state index is -1.06. The summed E-state index contributed by atoms with van der Waals surface area (Å²) < 4.78 is 1.97. The van der Waals surface area contributed by atoms with Gasteiger partial charge in [-0.05, 0) is 60.8 Å². The molecule has 4 fully saturated rings. The molecule has 270 valence electrons. The van der Waals surface area contributed by atoms with Crippen LogP contribution < -0.4 is 21.3 Å². The Hall–Kier alpha value is -5.29. The van der Waals surface area contributed by atoms with Crippen LogP contribution in [0.25, 0.3) is 10.9 Å². The van der Waals surface area contributed by atoms with Gasteiger partial charge < -0.3 is 30.7 Å². The number of piperazine rings is 1. The number of nitrogens with zero attached hydrogens (tertiary/aromatic N) is 2. The van der Waals surface area contributed by atoms with Crippen molar-refractivity contribution in [3.8, 4) is 0 Å². The normalized spacial score (nSPS) is 22.0. The number of amides is 4. The largest absolute Gasteiger partial charge is 0.350 e. The van der Waals surface area contributed by atoms with E-state index in [1.54, 1.807) is 4.90 Å². The smallest absolute Gasteiger partial charge is 0.246 e. The first kappa shape index (κ1) is 35.1. The third kappa shape index (κ3) is 7.64. The van der Waals surface area contributed by atoms with Gasteiger partial charge in [0.15, 0.2) is 5.78 Å². The van der Waals surface area contributed by atoms with Crippen molar-refractivity contribution in [3.63, 3.8) is 0 Å². The van der Waals surface area contributed by atoms with Crippen LogP contribution in [-0.2, 0) is 50.4 Å². The fourth-order valence-electron chi connectivity index (χ4n) is 8.32. The summed E-state index contributed by atoms with van der Waals surface area (Å²) in [7, 11) is 1.92. The summed E-state index contributed by atoms with van der Waals surface area (Å²) in [4.78, 5) is 70.3. The molecule has 2 bridgehead atoms. The molecule has 1 aliphatic carbocycles. The van der Waals surface area contributed by atoms with Crippen LogP contribution in [0.2, 0.25) is 0 Å². The number of aryl methyl sites for hydroxylation is 1. The lowest BCUT2D eigenvalue weighted by Crippen LogP contribution is -2.71. The van der Waals surface area contributed by atoms with Crippen molar-refractivity contribution in [3.05, 3.63) is 108 Å². The van der Waals surface area contributed by atoms with Gasteiger partial charge in [-0.2, -0.15) is 0 Å². The summed E-state index contributed by atoms with van der Waals surface area (Å²) >= 11 is 0. The first-order valence-corrected chi connectivity index (χ1v) is 18.3. The molecule has 4 aromatic rings. The molecule has 3 aliphatic heterocycles. The van der Waals surface area contributed by atoms with Gasteiger partial charge in [0.25, 0.3) is 0 Å². The van der Waals surface area contributed by atoms with Crippen LogP contribution in [0, 0.1) is 5.92 Å². The van der Waals surface area contributed by atoms with E-state index in [0.29, 0.717) is 6.54 Å². The van der Waals surface area contributed by atoms with Crippen molar-refractivity contribution >= 4 is 40.3 Å². The van der Waals surface area contributed by atoms with E-state index in [-0.39, 0.29) is 55.4 Å². The molecule has 4 N–H and O–H groups in total. The van der Waals surface area contributed by atoms with Crippen molar-refractivity contribution < 1.29 is 24.0 Å². The number of carbonyl (C=O) groups is 5. The van der Waals surface area contributed by atoms with E-state index in [9.17, 15) is 24.0 Å². The second-order valence-corrected chi connectivity index (χ2v) is 14.4. The standard InChI is InChI=1S/C41H46N6O5/c1-46-25-29(31-14-8-9-15-35(31)46)21-33(43-37(49)22-34-41(52)47-30-18-16-28(17-19-30)38(47)40(51)45-34)39(50)44-32(20-26-10-4-2-5-11-26)36(48)24-42-23-27-12-6-3-7-13-27/h2-15,25,28,30,32-34,38,42H,16-24H2,1H3,(H,43,49)(H,44,50)(H,45,51)/t28?,30?,32-,33+,34-,38-/m0/s1. The number of rotatable bonds is 14. The Morgan fingerprint density at radius 3 is 2.21 bits per heavy atom. The average molecular weight is 703 g/mol. The number of nitrogens with one attached hydrogen (secondary N) is 4. The predicted molar refractivity (Wildman–Crippen MR) is 197 cm³/mol. The molecule has 8 rings (SSSR count). The van der Waals surface area contributed by atoms with Crippen molar-refractivity contribution in [2.45, 2.75) is 81.7 Å². The molecular weight excluding hydrogens is 656 g/mol. The van der Waals surface area contributed by atoms with E-state index >= 15 is 0 Å². The topological polar surface area (TPSA) is 142 Å². The highest BCUT2D eigenvalue weighted by Gasteiger charge is 2.52. The lowest BCUT2D eigenvalue weighted by Gasteiger charge is -2.53. The Kier molecular flexibility index (Phi) is 10.5. The zero-order chi connectivity index (χ0) is 36.2. The number of hydrogen-bond acceptors (Lipinski definition) is 6. The molecule has 11 nitrogen and oxygen atoms in total. The lowest BCUT2D eigenvalue weighted by atomic mass is 9.73. The maximum atomic E-state index is 14.3. The average Bonchev–Trinajstić information content (AvgIpc) is 3.48. The molecule has 3 saturated heterocycles. The molecule has 1 aromatic heterocycles. The Morgan fingerprint density at radius 2 is 1.48 bits per heavy atom. The minimum absolute atomic E-state index is 0.0188. The predicted octanol–water partition coefficient (Wildman–Crippen LogP) is 2.95. The van der Waals surface area contributed by atoms with E-state index in [4.69, 9.17) is 0 Å². The summed E-state index contributed by atoms with van der Waals surface area (Å²) in [6, 6.07) is 23.7. The minimum Gasteiger partial charge on any atom is -0.350 e. The molecule has 11 heteroatoms. The van der Waals surface area contributed by atoms with Crippen LogP contribution in [0.3, 0.4) is 0 Å². The van der Waals surface area contributed by atoms with E-state index in [1.807, 2.05) is 103 Å². The van der Waals surface area contributed by atoms with Crippen LogP contribution in [0.15, 0.2) is 91.1 Å². The van der Waals surface area contributed by atoms with E-state index < -0.39 is 36.0 Å². The third-order valence-electron chi connectivity index (χ3n) is 10.9. The molecule has 0 radical (unpaired) electrons. The maximum Gasteiger partial charge on any atom is 0.246 e. The van der Waals surface area contributed by atoms with Crippen LogP contribution in [0.5, 0.6) is 0 Å². The number of carbonyl (C=O) groups excluding carboxylic acids is 5. The molecule has 4 atom stereocenters. The fourth-order valence-corrected chi connectivity index (χ4v) is 8.32. The molecule has 52 heavy (non-hydrogen) atoms. The Balaban J connectivity index is 1.09. The van der Waals surface area contributed by atoms with Crippen LogP contribution >= 0.6 is 0 Å².